The number of amides is 1. The van der Waals surface area contributed by atoms with Crippen LogP contribution in [-0.4, -0.2) is 34.8 Å². The van der Waals surface area contributed by atoms with Crippen molar-refractivity contribution in [1.29, 1.82) is 0 Å². The maximum absolute atomic E-state index is 12.1. The Morgan fingerprint density at radius 3 is 2.85 bits per heavy atom. The van der Waals surface area contributed by atoms with Gasteiger partial charge in [0.25, 0.3) is 0 Å². The van der Waals surface area contributed by atoms with Crippen LogP contribution in [0.3, 0.4) is 0 Å². The zero-order chi connectivity index (χ0) is 18.5. The van der Waals surface area contributed by atoms with E-state index in [-0.39, 0.29) is 5.91 Å². The number of thioether (sulfide) groups is 1. The van der Waals surface area contributed by atoms with Gasteiger partial charge in [0.05, 0.1) is 12.3 Å². The molecule has 2 aromatic heterocycles. The van der Waals surface area contributed by atoms with Gasteiger partial charge in [0.1, 0.15) is 28.5 Å². The molecule has 7 heteroatoms. The summed E-state index contributed by atoms with van der Waals surface area (Å²) in [6, 6.07) is 7.84. The number of rotatable bonds is 7. The average molecular weight is 388 g/mol. The predicted octanol–water partition coefficient (Wildman–Crippen LogP) is 3.90. The van der Waals surface area contributed by atoms with Gasteiger partial charge >= 0.3 is 0 Å². The van der Waals surface area contributed by atoms with E-state index >= 15 is 0 Å². The van der Waals surface area contributed by atoms with Gasteiger partial charge in [-0.1, -0.05) is 30.0 Å². The fourth-order valence-electron chi connectivity index (χ4n) is 2.51. The molecule has 0 atom stereocenters. The van der Waals surface area contributed by atoms with Gasteiger partial charge < -0.3 is 10.1 Å². The van der Waals surface area contributed by atoms with E-state index in [0.29, 0.717) is 18.9 Å². The molecule has 3 rings (SSSR count). The molecule has 5 nitrogen and oxygen atoms in total. The van der Waals surface area contributed by atoms with Gasteiger partial charge in [-0.15, -0.1) is 11.3 Å². The highest BCUT2D eigenvalue weighted by Gasteiger charge is 2.13. The first kappa shape index (κ1) is 18.7. The monoisotopic (exact) mass is 387 g/mol. The van der Waals surface area contributed by atoms with E-state index in [1.165, 1.54) is 22.2 Å². The van der Waals surface area contributed by atoms with Crippen LogP contribution in [0.2, 0.25) is 0 Å². The topological polar surface area (TPSA) is 64.1 Å². The number of benzene rings is 1. The highest BCUT2D eigenvalue weighted by molar-refractivity contribution is 8.00. The van der Waals surface area contributed by atoms with Crippen LogP contribution in [0, 0.1) is 20.8 Å². The summed E-state index contributed by atoms with van der Waals surface area (Å²) in [7, 11) is 0. The van der Waals surface area contributed by atoms with Crippen molar-refractivity contribution in [3.63, 3.8) is 0 Å². The molecule has 26 heavy (non-hydrogen) atoms. The summed E-state index contributed by atoms with van der Waals surface area (Å²) in [6.45, 7) is 7.08. The van der Waals surface area contributed by atoms with Crippen LogP contribution in [0.1, 0.15) is 16.0 Å². The van der Waals surface area contributed by atoms with Crippen molar-refractivity contribution >= 4 is 39.2 Å². The number of ether oxygens (including phenoxy) is 1. The molecule has 0 fully saturated rings. The minimum Gasteiger partial charge on any atom is -0.491 e. The molecule has 0 radical (unpaired) electrons. The van der Waals surface area contributed by atoms with Crippen LogP contribution in [0.4, 0.5) is 0 Å². The number of para-hydroxylation sites is 1. The van der Waals surface area contributed by atoms with Crippen molar-refractivity contribution in [2.24, 2.45) is 0 Å². The molecule has 1 aromatic carbocycles. The number of hydrogen-bond acceptors (Lipinski definition) is 6. The van der Waals surface area contributed by atoms with Crippen LogP contribution in [0.15, 0.2) is 35.6 Å². The fourth-order valence-corrected chi connectivity index (χ4v) is 4.46. The van der Waals surface area contributed by atoms with Gasteiger partial charge in [-0.25, -0.2) is 9.97 Å². The predicted molar refractivity (Wildman–Crippen MR) is 107 cm³/mol. The second kappa shape index (κ2) is 8.51. The Morgan fingerprint density at radius 2 is 2.04 bits per heavy atom. The Bertz CT molecular complexity index is 924. The van der Waals surface area contributed by atoms with E-state index in [0.717, 1.165) is 26.6 Å². The Morgan fingerprint density at radius 1 is 1.23 bits per heavy atom. The Balaban J connectivity index is 1.48. The minimum atomic E-state index is -0.0280. The van der Waals surface area contributed by atoms with Crippen molar-refractivity contribution in [2.75, 3.05) is 18.9 Å². The smallest absolute Gasteiger partial charge is 0.230 e. The minimum absolute atomic E-state index is 0.0280. The summed E-state index contributed by atoms with van der Waals surface area (Å²) in [6.07, 6.45) is 1.56. The molecule has 0 spiro atoms. The molecule has 136 valence electrons. The highest BCUT2D eigenvalue weighted by atomic mass is 32.2. The maximum atomic E-state index is 12.1. The third kappa shape index (κ3) is 4.34. The van der Waals surface area contributed by atoms with Gasteiger partial charge in [-0.3, -0.25) is 4.79 Å². The first-order valence-corrected chi connectivity index (χ1v) is 10.1. The van der Waals surface area contributed by atoms with Crippen LogP contribution < -0.4 is 10.1 Å². The van der Waals surface area contributed by atoms with Crippen LogP contribution in [0.25, 0.3) is 10.2 Å². The summed E-state index contributed by atoms with van der Waals surface area (Å²) in [5.41, 5.74) is 2.28. The normalized spacial score (nSPS) is 10.9. The number of fused-ring (bicyclic) bond motifs is 1. The van der Waals surface area contributed by atoms with Gasteiger partial charge in [0.2, 0.25) is 5.91 Å². The lowest BCUT2D eigenvalue weighted by molar-refractivity contribution is -0.118. The summed E-state index contributed by atoms with van der Waals surface area (Å²) in [5.74, 6) is 1.15. The number of thiophene rings is 1. The number of nitrogens with one attached hydrogen (secondary N) is 1. The quantitative estimate of drug-likeness (QED) is 0.378. The van der Waals surface area contributed by atoms with Crippen LogP contribution >= 0.6 is 23.1 Å². The molecular weight excluding hydrogens is 366 g/mol. The number of carbonyl (C=O) groups is 1. The summed E-state index contributed by atoms with van der Waals surface area (Å²) in [4.78, 5) is 23.0. The zero-order valence-electron chi connectivity index (χ0n) is 15.0. The molecule has 0 unspecified atom stereocenters. The maximum Gasteiger partial charge on any atom is 0.230 e. The van der Waals surface area contributed by atoms with Crippen molar-refractivity contribution in [3.05, 3.63) is 46.6 Å². The Hall–Kier alpha value is -2.12. The van der Waals surface area contributed by atoms with Crippen LogP contribution in [0.5, 0.6) is 5.75 Å². The molecule has 0 saturated carbocycles. The molecule has 0 bridgehead atoms. The van der Waals surface area contributed by atoms with E-state index in [9.17, 15) is 4.79 Å². The van der Waals surface area contributed by atoms with Crippen LogP contribution in [-0.2, 0) is 4.79 Å². The third-order valence-corrected chi connectivity index (χ3v) is 6.15. The van der Waals surface area contributed by atoms with Gasteiger partial charge in [0, 0.05) is 10.3 Å². The van der Waals surface area contributed by atoms with E-state index in [4.69, 9.17) is 4.74 Å². The number of nitrogens with zero attached hydrogens (tertiary/aromatic N) is 2. The Labute approximate surface area is 161 Å². The SMILES string of the molecule is Cc1ccccc1OCCNC(=O)CSc1ncnc2sc(C)c(C)c12. The van der Waals surface area contributed by atoms with Crippen molar-refractivity contribution in [1.82, 2.24) is 15.3 Å². The second-order valence-electron chi connectivity index (χ2n) is 5.89. The third-order valence-electron chi connectivity index (χ3n) is 4.05. The first-order chi connectivity index (χ1) is 12.6. The lowest BCUT2D eigenvalue weighted by atomic mass is 10.2. The van der Waals surface area contributed by atoms with E-state index in [1.54, 1.807) is 17.7 Å². The fraction of sp³-hybridized carbons (Fsp3) is 0.316. The zero-order valence-corrected chi connectivity index (χ0v) is 16.7. The summed E-state index contributed by atoms with van der Waals surface area (Å²) < 4.78 is 5.69. The molecule has 3 aromatic rings. The number of hydrogen-bond donors (Lipinski definition) is 1. The number of carbonyl (C=O) groups excluding carboxylic acids is 1. The largest absolute Gasteiger partial charge is 0.491 e. The van der Waals surface area contributed by atoms with E-state index in [1.807, 2.05) is 31.2 Å². The highest BCUT2D eigenvalue weighted by Crippen LogP contribution is 2.34. The number of aromatic nitrogens is 2. The molecule has 2 heterocycles. The van der Waals surface area contributed by atoms with E-state index in [2.05, 4.69) is 29.1 Å². The average Bonchev–Trinajstić information content (AvgIpc) is 2.93. The molecule has 0 aliphatic rings. The second-order valence-corrected chi connectivity index (χ2v) is 8.06. The lowest BCUT2D eigenvalue weighted by Gasteiger charge is -2.09. The number of aryl methyl sites for hydroxylation is 3. The molecule has 1 N–H and O–H groups in total. The van der Waals surface area contributed by atoms with E-state index < -0.39 is 0 Å². The van der Waals surface area contributed by atoms with Crippen molar-refractivity contribution < 1.29 is 9.53 Å². The van der Waals surface area contributed by atoms with Gasteiger partial charge in [0.15, 0.2) is 0 Å². The molecule has 1 amide bonds. The van der Waals surface area contributed by atoms with Crippen molar-refractivity contribution in [3.8, 4) is 5.75 Å². The molecule has 0 saturated heterocycles. The lowest BCUT2D eigenvalue weighted by Crippen LogP contribution is -2.29. The standard InChI is InChI=1S/C19H21N3O2S2/c1-12-6-4-5-7-15(12)24-9-8-20-16(23)10-25-18-17-13(2)14(3)26-19(17)22-11-21-18/h4-7,11H,8-10H2,1-3H3,(H,20,23). The molecular formula is C19H21N3O2S2. The summed E-state index contributed by atoms with van der Waals surface area (Å²) in [5, 5.41) is 4.81. The first-order valence-electron chi connectivity index (χ1n) is 8.35. The van der Waals surface area contributed by atoms with Gasteiger partial charge in [-0.05, 0) is 38.0 Å². The summed E-state index contributed by atoms with van der Waals surface area (Å²) >= 11 is 3.11. The van der Waals surface area contributed by atoms with Crippen molar-refractivity contribution in [2.45, 2.75) is 25.8 Å². The Kier molecular flexibility index (Phi) is 6.11. The molecule has 0 aliphatic carbocycles. The van der Waals surface area contributed by atoms with Gasteiger partial charge in [-0.2, -0.15) is 0 Å². The molecule has 0 aliphatic heterocycles.